The van der Waals surface area contributed by atoms with E-state index in [0.29, 0.717) is 6.54 Å². The van der Waals surface area contributed by atoms with Gasteiger partial charge in [0.05, 0.1) is 0 Å². The minimum Gasteiger partial charge on any atom is -0.370 e. The first kappa shape index (κ1) is 16.9. The summed E-state index contributed by atoms with van der Waals surface area (Å²) in [5.41, 5.74) is 0. The summed E-state index contributed by atoms with van der Waals surface area (Å²) in [6, 6.07) is 1.62. The Kier molecular flexibility index (Phi) is 5.91. The number of thioether (sulfide) groups is 1. The van der Waals surface area contributed by atoms with Crippen LogP contribution in [0.15, 0.2) is 6.07 Å². The quantitative estimate of drug-likeness (QED) is 0.874. The Balaban J connectivity index is 3.14. The van der Waals surface area contributed by atoms with Gasteiger partial charge < -0.3 is 10.2 Å². The summed E-state index contributed by atoms with van der Waals surface area (Å²) < 4.78 is 38.5. The molecule has 0 aromatic carbocycles. The molecule has 1 aromatic rings. The fraction of sp³-hybridized carbons (Fsp3) is 0.667. The molecule has 4 nitrogen and oxygen atoms in total. The van der Waals surface area contributed by atoms with Gasteiger partial charge in [-0.2, -0.15) is 24.9 Å². The van der Waals surface area contributed by atoms with E-state index in [-0.39, 0.29) is 17.7 Å². The van der Waals surface area contributed by atoms with Crippen LogP contribution < -0.4 is 10.2 Å². The molecule has 1 N–H and O–H groups in total. The van der Waals surface area contributed by atoms with Crippen molar-refractivity contribution in [3.8, 4) is 0 Å². The molecule has 1 unspecified atom stereocenters. The van der Waals surface area contributed by atoms with Crippen molar-refractivity contribution in [1.29, 1.82) is 0 Å². The van der Waals surface area contributed by atoms with Gasteiger partial charge in [-0.05, 0) is 20.1 Å². The number of nitrogens with one attached hydrogen (secondary N) is 1. The largest absolute Gasteiger partial charge is 0.451 e. The van der Waals surface area contributed by atoms with E-state index in [4.69, 9.17) is 0 Å². The number of alkyl halides is 3. The minimum absolute atomic E-state index is 0.0791. The van der Waals surface area contributed by atoms with Crippen LogP contribution in [0.4, 0.5) is 24.8 Å². The van der Waals surface area contributed by atoms with Gasteiger partial charge in [0, 0.05) is 31.5 Å². The van der Waals surface area contributed by atoms with Crippen molar-refractivity contribution in [3.63, 3.8) is 0 Å². The number of halogens is 3. The molecule has 1 atom stereocenters. The predicted octanol–water partition coefficient (Wildman–Crippen LogP) is 3.11. The van der Waals surface area contributed by atoms with Crippen LogP contribution in [0.25, 0.3) is 0 Å². The fourth-order valence-corrected chi connectivity index (χ4v) is 2.30. The molecule has 1 aromatic heterocycles. The zero-order valence-corrected chi connectivity index (χ0v) is 12.8. The Morgan fingerprint density at radius 2 is 2.05 bits per heavy atom. The maximum absolute atomic E-state index is 12.8. The van der Waals surface area contributed by atoms with Crippen LogP contribution >= 0.6 is 11.8 Å². The molecule has 0 aliphatic rings. The number of aromatic nitrogens is 2. The van der Waals surface area contributed by atoms with Crippen LogP contribution in [-0.4, -0.2) is 41.6 Å². The minimum atomic E-state index is -4.55. The Hall–Kier alpha value is -1.18. The molecule has 0 spiro atoms. The highest BCUT2D eigenvalue weighted by atomic mass is 32.2. The molecule has 0 amide bonds. The second-order valence-corrected chi connectivity index (χ2v) is 5.29. The Morgan fingerprint density at radius 1 is 1.40 bits per heavy atom. The predicted molar refractivity (Wildman–Crippen MR) is 77.4 cm³/mol. The number of hydrogen-bond donors (Lipinski definition) is 1. The molecule has 20 heavy (non-hydrogen) atoms. The van der Waals surface area contributed by atoms with E-state index in [0.717, 1.165) is 5.75 Å². The van der Waals surface area contributed by atoms with E-state index in [1.807, 2.05) is 13.2 Å². The molecule has 0 bridgehead atoms. The van der Waals surface area contributed by atoms with E-state index >= 15 is 0 Å². The van der Waals surface area contributed by atoms with E-state index < -0.39 is 12.0 Å². The Labute approximate surface area is 121 Å². The second kappa shape index (κ2) is 7.01. The summed E-state index contributed by atoms with van der Waals surface area (Å²) in [5.74, 6) is 0.144. The highest BCUT2D eigenvalue weighted by Crippen LogP contribution is 2.29. The van der Waals surface area contributed by atoms with Crippen LogP contribution in [0.2, 0.25) is 0 Å². The van der Waals surface area contributed by atoms with Gasteiger partial charge in [0.1, 0.15) is 11.6 Å². The second-order valence-electron chi connectivity index (χ2n) is 4.38. The van der Waals surface area contributed by atoms with Crippen LogP contribution in [0, 0.1) is 0 Å². The third-order valence-corrected chi connectivity index (χ3v) is 3.57. The lowest BCUT2D eigenvalue weighted by atomic mass is 10.3. The highest BCUT2D eigenvalue weighted by Gasteiger charge is 2.36. The van der Waals surface area contributed by atoms with Gasteiger partial charge in [0.25, 0.3) is 0 Å². The zero-order chi connectivity index (χ0) is 15.3. The summed E-state index contributed by atoms with van der Waals surface area (Å²) in [7, 11) is 1.74. The molecule has 1 rings (SSSR count). The lowest BCUT2D eigenvalue weighted by Crippen LogP contribution is -2.32. The molecule has 0 aliphatic carbocycles. The van der Waals surface area contributed by atoms with Crippen molar-refractivity contribution in [2.45, 2.75) is 26.1 Å². The van der Waals surface area contributed by atoms with Crippen molar-refractivity contribution in [2.75, 3.05) is 35.8 Å². The van der Waals surface area contributed by atoms with Crippen molar-refractivity contribution < 1.29 is 13.2 Å². The fourth-order valence-electron chi connectivity index (χ4n) is 1.59. The summed E-state index contributed by atoms with van der Waals surface area (Å²) in [4.78, 5) is 8.86. The van der Waals surface area contributed by atoms with Gasteiger partial charge >= 0.3 is 6.18 Å². The van der Waals surface area contributed by atoms with Gasteiger partial charge in [0.15, 0.2) is 0 Å². The summed E-state index contributed by atoms with van der Waals surface area (Å²) >= 11 is 1.63. The van der Waals surface area contributed by atoms with Gasteiger partial charge in [-0.25, -0.2) is 9.97 Å². The molecule has 0 fully saturated rings. The molecule has 114 valence electrons. The van der Waals surface area contributed by atoms with Gasteiger partial charge in [0.2, 0.25) is 5.82 Å². The van der Waals surface area contributed by atoms with E-state index in [2.05, 4.69) is 15.3 Å². The highest BCUT2D eigenvalue weighted by molar-refractivity contribution is 7.98. The summed E-state index contributed by atoms with van der Waals surface area (Å²) in [5, 5.41) is 2.80. The van der Waals surface area contributed by atoms with Crippen molar-refractivity contribution >= 4 is 23.4 Å². The number of anilines is 2. The maximum atomic E-state index is 12.8. The Bertz CT molecular complexity index is 439. The average molecular weight is 308 g/mol. The maximum Gasteiger partial charge on any atom is 0.451 e. The first-order valence-electron chi connectivity index (χ1n) is 6.21. The standard InChI is InChI=1S/C12H19F3N4S/c1-5-16-9-6-10(19(3)8(2)7-20-4)18-11(17-9)12(13,14)15/h6,8H,5,7H2,1-4H3,(H,16,17,18). The lowest BCUT2D eigenvalue weighted by Gasteiger charge is -2.26. The molecular formula is C12H19F3N4S. The number of rotatable bonds is 6. The smallest absolute Gasteiger partial charge is 0.370 e. The van der Waals surface area contributed by atoms with Crippen molar-refractivity contribution in [2.24, 2.45) is 0 Å². The normalized spacial score (nSPS) is 13.2. The third kappa shape index (κ3) is 4.43. The van der Waals surface area contributed by atoms with Gasteiger partial charge in [-0.3, -0.25) is 0 Å². The lowest BCUT2D eigenvalue weighted by molar-refractivity contribution is -0.144. The van der Waals surface area contributed by atoms with E-state index in [1.165, 1.54) is 6.07 Å². The SMILES string of the molecule is CCNc1cc(N(C)C(C)CSC)nc(C(F)(F)F)n1. The van der Waals surface area contributed by atoms with Crippen LogP contribution in [0.3, 0.4) is 0 Å². The third-order valence-electron chi connectivity index (χ3n) is 2.75. The first-order chi connectivity index (χ1) is 9.29. The van der Waals surface area contributed by atoms with Crippen LogP contribution in [0.5, 0.6) is 0 Å². The topological polar surface area (TPSA) is 41.0 Å². The average Bonchev–Trinajstić information content (AvgIpc) is 2.37. The summed E-state index contributed by atoms with van der Waals surface area (Å²) in [6.45, 7) is 4.24. The van der Waals surface area contributed by atoms with Gasteiger partial charge in [-0.15, -0.1) is 0 Å². The number of nitrogens with zero attached hydrogens (tertiary/aromatic N) is 3. The van der Waals surface area contributed by atoms with Crippen molar-refractivity contribution in [3.05, 3.63) is 11.9 Å². The van der Waals surface area contributed by atoms with Gasteiger partial charge in [-0.1, -0.05) is 0 Å². The molecular weight excluding hydrogens is 289 g/mol. The van der Waals surface area contributed by atoms with E-state index in [1.54, 1.807) is 30.6 Å². The Morgan fingerprint density at radius 3 is 2.55 bits per heavy atom. The van der Waals surface area contributed by atoms with Crippen LogP contribution in [0.1, 0.15) is 19.7 Å². The van der Waals surface area contributed by atoms with Crippen molar-refractivity contribution in [1.82, 2.24) is 9.97 Å². The monoisotopic (exact) mass is 308 g/mol. The van der Waals surface area contributed by atoms with E-state index in [9.17, 15) is 13.2 Å². The molecule has 0 radical (unpaired) electrons. The molecule has 0 saturated carbocycles. The zero-order valence-electron chi connectivity index (χ0n) is 12.0. The molecule has 0 aliphatic heterocycles. The number of hydrogen-bond acceptors (Lipinski definition) is 5. The molecule has 1 heterocycles. The molecule has 8 heteroatoms. The first-order valence-corrected chi connectivity index (χ1v) is 7.60. The summed E-state index contributed by atoms with van der Waals surface area (Å²) in [6.07, 6.45) is -2.60. The molecule has 0 saturated heterocycles. The van der Waals surface area contributed by atoms with Crippen LogP contribution in [-0.2, 0) is 6.18 Å².